The number of ether oxygens (including phenoxy) is 1. The van der Waals surface area contributed by atoms with Crippen molar-refractivity contribution < 1.29 is 9.53 Å². The van der Waals surface area contributed by atoms with Gasteiger partial charge in [0.25, 0.3) is 0 Å². The van der Waals surface area contributed by atoms with Gasteiger partial charge in [0.1, 0.15) is 17.5 Å². The third-order valence-corrected chi connectivity index (χ3v) is 7.55. The zero-order chi connectivity index (χ0) is 27.3. The molecule has 1 N–H and O–H groups in total. The molecule has 200 valence electrons. The van der Waals surface area contributed by atoms with E-state index in [2.05, 4.69) is 44.7 Å². The second-order valence-corrected chi connectivity index (χ2v) is 11.5. The van der Waals surface area contributed by atoms with Crippen LogP contribution in [0.25, 0.3) is 27.8 Å². The molecule has 2 saturated heterocycles. The lowest BCUT2D eigenvalue weighted by Gasteiger charge is -2.40. The first-order valence-corrected chi connectivity index (χ1v) is 13.3. The molecule has 2 aliphatic rings. The number of nitriles is 1. The van der Waals surface area contributed by atoms with E-state index >= 15 is 0 Å². The summed E-state index contributed by atoms with van der Waals surface area (Å²) in [5, 5.41) is 21.5. The molecule has 0 aromatic carbocycles. The number of carbonyl (C=O) groups is 1. The van der Waals surface area contributed by atoms with Gasteiger partial charge in [0, 0.05) is 66.0 Å². The number of carbonyl (C=O) groups excluding carboxylic acids is 1. The number of nitrogens with one attached hydrogen (secondary N) is 1. The van der Waals surface area contributed by atoms with Crippen LogP contribution in [0.5, 0.6) is 0 Å². The number of anilines is 1. The molecule has 0 aliphatic carbocycles. The van der Waals surface area contributed by atoms with E-state index in [9.17, 15) is 10.1 Å². The van der Waals surface area contributed by atoms with E-state index in [-0.39, 0.29) is 12.1 Å². The standard InChI is InChI=1S/C29H32N8O2/c1-29(2,3)39-28(38)34-22-10-23-6-7-24(11-22)37(23)26-8-5-18(13-31-26)25-9-19(21-15-32-35(4)16-21)17-36-27(25)20(12-30)14-33-36/h5,8-9,13-17,22-24H,6-7,10-11H2,1-4H3,(H,34,38)/t22-,23-,24?/m1/s1. The van der Waals surface area contributed by atoms with Gasteiger partial charge in [0.15, 0.2) is 0 Å². The first kappa shape index (κ1) is 24.9. The van der Waals surface area contributed by atoms with Gasteiger partial charge in [-0.2, -0.15) is 15.5 Å². The van der Waals surface area contributed by atoms with Crippen molar-refractivity contribution >= 4 is 17.4 Å². The maximum atomic E-state index is 12.3. The minimum Gasteiger partial charge on any atom is -0.444 e. The highest BCUT2D eigenvalue weighted by Gasteiger charge is 2.42. The normalized spacial score (nSPS) is 20.7. The van der Waals surface area contributed by atoms with Crippen molar-refractivity contribution in [2.75, 3.05) is 4.90 Å². The highest BCUT2D eigenvalue weighted by Crippen LogP contribution is 2.39. The van der Waals surface area contributed by atoms with Gasteiger partial charge < -0.3 is 15.0 Å². The van der Waals surface area contributed by atoms with Crippen molar-refractivity contribution in [2.45, 2.75) is 70.2 Å². The van der Waals surface area contributed by atoms with Crippen LogP contribution >= 0.6 is 0 Å². The van der Waals surface area contributed by atoms with Gasteiger partial charge >= 0.3 is 6.09 Å². The SMILES string of the molecule is Cn1cc(-c2cc(-c3ccc(N4C5CC[C@@H]4C[C@@H](NC(=O)OC(C)(C)C)C5)nc3)c3c(C#N)cnn3c2)cn1. The Morgan fingerprint density at radius 1 is 1.05 bits per heavy atom. The number of hydrogen-bond acceptors (Lipinski definition) is 7. The third kappa shape index (κ3) is 4.80. The number of pyridine rings is 2. The summed E-state index contributed by atoms with van der Waals surface area (Å²) in [6, 6.07) is 9.23. The van der Waals surface area contributed by atoms with Gasteiger partial charge in [0.05, 0.1) is 23.5 Å². The summed E-state index contributed by atoms with van der Waals surface area (Å²) < 4.78 is 8.99. The van der Waals surface area contributed by atoms with Gasteiger partial charge in [0.2, 0.25) is 0 Å². The maximum Gasteiger partial charge on any atom is 0.407 e. The molecule has 6 heterocycles. The van der Waals surface area contributed by atoms with Crippen LogP contribution in [0.15, 0.2) is 49.2 Å². The number of fused-ring (bicyclic) bond motifs is 3. The minimum atomic E-state index is -0.510. The molecule has 2 aliphatic heterocycles. The predicted molar refractivity (Wildman–Crippen MR) is 147 cm³/mol. The molecule has 4 aromatic rings. The molecule has 39 heavy (non-hydrogen) atoms. The molecule has 4 aromatic heterocycles. The summed E-state index contributed by atoms with van der Waals surface area (Å²) in [4.78, 5) is 19.6. The number of amides is 1. The molecule has 10 heteroatoms. The topological polar surface area (TPSA) is 113 Å². The molecule has 2 fully saturated rings. The molecule has 0 radical (unpaired) electrons. The number of aromatic nitrogens is 5. The molecule has 3 atom stereocenters. The minimum absolute atomic E-state index is 0.0997. The highest BCUT2D eigenvalue weighted by atomic mass is 16.6. The molecule has 2 bridgehead atoms. The van der Waals surface area contributed by atoms with E-state index in [0.29, 0.717) is 17.6 Å². The van der Waals surface area contributed by atoms with Crippen molar-refractivity contribution in [1.29, 1.82) is 5.26 Å². The fourth-order valence-electron chi connectivity index (χ4n) is 5.99. The molecule has 0 spiro atoms. The van der Waals surface area contributed by atoms with Crippen LogP contribution in [0.2, 0.25) is 0 Å². The van der Waals surface area contributed by atoms with Gasteiger partial charge in [-0.3, -0.25) is 4.68 Å². The predicted octanol–water partition coefficient (Wildman–Crippen LogP) is 4.69. The fourth-order valence-corrected chi connectivity index (χ4v) is 5.99. The summed E-state index contributed by atoms with van der Waals surface area (Å²) in [7, 11) is 1.89. The molecular weight excluding hydrogens is 492 g/mol. The van der Waals surface area contributed by atoms with Crippen LogP contribution in [0.4, 0.5) is 10.6 Å². The zero-order valence-electron chi connectivity index (χ0n) is 22.6. The van der Waals surface area contributed by atoms with Crippen LogP contribution in [0.3, 0.4) is 0 Å². The quantitative estimate of drug-likeness (QED) is 0.412. The lowest BCUT2D eigenvalue weighted by Crippen LogP contribution is -2.51. The lowest BCUT2D eigenvalue weighted by molar-refractivity contribution is 0.0492. The van der Waals surface area contributed by atoms with Gasteiger partial charge in [-0.1, -0.05) is 0 Å². The molecule has 10 nitrogen and oxygen atoms in total. The van der Waals surface area contributed by atoms with Crippen molar-refractivity contribution in [3.05, 3.63) is 54.7 Å². The lowest BCUT2D eigenvalue weighted by atomic mass is 9.97. The Bertz CT molecular complexity index is 1560. The average molecular weight is 525 g/mol. The molecule has 1 amide bonds. The number of hydrogen-bond donors (Lipinski definition) is 1. The van der Waals surface area contributed by atoms with Gasteiger partial charge in [-0.25, -0.2) is 14.3 Å². The average Bonchev–Trinajstić information content (AvgIpc) is 3.58. The van der Waals surface area contributed by atoms with Crippen LogP contribution in [0.1, 0.15) is 52.0 Å². The van der Waals surface area contributed by atoms with Crippen molar-refractivity contribution in [2.24, 2.45) is 7.05 Å². The van der Waals surface area contributed by atoms with Crippen LogP contribution in [0, 0.1) is 11.3 Å². The number of rotatable bonds is 4. The summed E-state index contributed by atoms with van der Waals surface area (Å²) in [5.74, 6) is 0.940. The van der Waals surface area contributed by atoms with E-state index in [1.54, 1.807) is 15.4 Å². The Kier molecular flexibility index (Phi) is 6.02. The summed E-state index contributed by atoms with van der Waals surface area (Å²) >= 11 is 0. The summed E-state index contributed by atoms with van der Waals surface area (Å²) in [5.41, 5.74) is 4.51. The first-order chi connectivity index (χ1) is 18.7. The van der Waals surface area contributed by atoms with E-state index in [1.165, 1.54) is 0 Å². The van der Waals surface area contributed by atoms with Crippen LogP contribution in [-0.4, -0.2) is 54.2 Å². The smallest absolute Gasteiger partial charge is 0.407 e. The van der Waals surface area contributed by atoms with Crippen LogP contribution < -0.4 is 10.2 Å². The van der Waals surface area contributed by atoms with E-state index in [1.807, 2.05) is 52.6 Å². The van der Waals surface area contributed by atoms with Crippen molar-refractivity contribution in [1.82, 2.24) is 29.7 Å². The second-order valence-electron chi connectivity index (χ2n) is 11.5. The monoisotopic (exact) mass is 524 g/mol. The molecular formula is C29H32N8O2. The number of nitrogens with zero attached hydrogens (tertiary/aromatic N) is 7. The number of aryl methyl sites for hydroxylation is 1. The number of alkyl carbamates (subject to hydrolysis) is 1. The second kappa shape index (κ2) is 9.42. The van der Waals surface area contributed by atoms with Crippen molar-refractivity contribution in [3.8, 4) is 28.3 Å². The molecule has 0 saturated carbocycles. The Morgan fingerprint density at radius 3 is 2.44 bits per heavy atom. The fraction of sp³-hybridized carbons (Fsp3) is 0.414. The zero-order valence-corrected chi connectivity index (χ0v) is 22.6. The first-order valence-electron chi connectivity index (χ1n) is 13.3. The van der Waals surface area contributed by atoms with E-state index in [0.717, 1.165) is 59.3 Å². The summed E-state index contributed by atoms with van der Waals surface area (Å²) in [6.45, 7) is 5.63. The van der Waals surface area contributed by atoms with Crippen LogP contribution in [-0.2, 0) is 11.8 Å². The molecule has 1 unspecified atom stereocenters. The van der Waals surface area contributed by atoms with E-state index in [4.69, 9.17) is 9.72 Å². The van der Waals surface area contributed by atoms with Gasteiger partial charge in [-0.05, 0) is 64.7 Å². The largest absolute Gasteiger partial charge is 0.444 e. The summed E-state index contributed by atoms with van der Waals surface area (Å²) in [6.07, 6.45) is 12.7. The van der Waals surface area contributed by atoms with E-state index < -0.39 is 5.60 Å². The maximum absolute atomic E-state index is 12.3. The number of piperidine rings is 1. The Balaban J connectivity index is 1.26. The van der Waals surface area contributed by atoms with Gasteiger partial charge in [-0.15, -0.1) is 0 Å². The van der Waals surface area contributed by atoms with Crippen molar-refractivity contribution in [3.63, 3.8) is 0 Å². The Morgan fingerprint density at radius 2 is 1.82 bits per heavy atom. The Hall–Kier alpha value is -4.39. The third-order valence-electron chi connectivity index (χ3n) is 7.55. The molecule has 6 rings (SSSR count). The Labute approximate surface area is 227 Å². The highest BCUT2D eigenvalue weighted by molar-refractivity contribution is 5.87.